The van der Waals surface area contributed by atoms with Crippen LogP contribution in [-0.2, 0) is 9.59 Å². The molecule has 0 fully saturated rings. The van der Waals surface area contributed by atoms with Crippen LogP contribution in [0.3, 0.4) is 0 Å². The SMILES string of the molecule is C#CCNCC(=O)N(CC(=O)O)C(C)CC. The van der Waals surface area contributed by atoms with Gasteiger partial charge in [-0.1, -0.05) is 12.8 Å². The van der Waals surface area contributed by atoms with Crippen LogP contribution in [0.25, 0.3) is 0 Å². The third kappa shape index (κ3) is 5.37. The van der Waals surface area contributed by atoms with E-state index in [0.717, 1.165) is 0 Å². The molecule has 0 bridgehead atoms. The Morgan fingerprint density at radius 3 is 2.62 bits per heavy atom. The van der Waals surface area contributed by atoms with Crippen molar-refractivity contribution in [3.05, 3.63) is 0 Å². The molecule has 2 N–H and O–H groups in total. The second kappa shape index (κ2) is 7.71. The first-order chi connectivity index (χ1) is 7.52. The van der Waals surface area contributed by atoms with Crippen molar-refractivity contribution in [3.8, 4) is 12.3 Å². The maximum Gasteiger partial charge on any atom is 0.323 e. The van der Waals surface area contributed by atoms with Crippen LogP contribution in [0.5, 0.6) is 0 Å². The molecule has 0 radical (unpaired) electrons. The van der Waals surface area contributed by atoms with E-state index < -0.39 is 5.97 Å². The van der Waals surface area contributed by atoms with Gasteiger partial charge in [-0.15, -0.1) is 6.42 Å². The molecule has 1 unspecified atom stereocenters. The van der Waals surface area contributed by atoms with E-state index in [0.29, 0.717) is 13.0 Å². The first kappa shape index (κ1) is 14.5. The molecule has 0 saturated carbocycles. The lowest BCUT2D eigenvalue weighted by atomic mass is 10.2. The highest BCUT2D eigenvalue weighted by Gasteiger charge is 2.20. The molecule has 0 aliphatic rings. The molecule has 0 saturated heterocycles. The van der Waals surface area contributed by atoms with Crippen molar-refractivity contribution in [2.24, 2.45) is 0 Å². The number of nitrogens with zero attached hydrogens (tertiary/aromatic N) is 1. The summed E-state index contributed by atoms with van der Waals surface area (Å²) in [5.41, 5.74) is 0. The molecule has 0 aromatic rings. The van der Waals surface area contributed by atoms with Crippen LogP contribution in [0, 0.1) is 12.3 Å². The topological polar surface area (TPSA) is 69.6 Å². The Hall–Kier alpha value is -1.54. The minimum Gasteiger partial charge on any atom is -0.480 e. The molecule has 1 atom stereocenters. The summed E-state index contributed by atoms with van der Waals surface area (Å²) in [6.45, 7) is 3.82. The zero-order chi connectivity index (χ0) is 12.6. The smallest absolute Gasteiger partial charge is 0.323 e. The predicted molar refractivity (Wildman–Crippen MR) is 60.8 cm³/mol. The van der Waals surface area contributed by atoms with Gasteiger partial charge in [0, 0.05) is 6.04 Å². The molecule has 0 spiro atoms. The van der Waals surface area contributed by atoms with Crippen LogP contribution in [0.2, 0.25) is 0 Å². The van der Waals surface area contributed by atoms with Crippen molar-refractivity contribution in [1.29, 1.82) is 0 Å². The number of hydrogen-bond acceptors (Lipinski definition) is 3. The zero-order valence-electron chi connectivity index (χ0n) is 9.69. The second-order valence-corrected chi connectivity index (χ2v) is 3.48. The maximum atomic E-state index is 11.7. The summed E-state index contributed by atoms with van der Waals surface area (Å²) < 4.78 is 0. The highest BCUT2D eigenvalue weighted by atomic mass is 16.4. The van der Waals surface area contributed by atoms with Gasteiger partial charge in [0.2, 0.25) is 5.91 Å². The number of terminal acetylenes is 1. The number of carboxylic acid groups (broad SMARTS) is 1. The Bertz CT molecular complexity index is 283. The molecular formula is C11H18N2O3. The molecule has 0 heterocycles. The number of nitrogens with one attached hydrogen (secondary N) is 1. The quantitative estimate of drug-likeness (QED) is 0.470. The van der Waals surface area contributed by atoms with Gasteiger partial charge >= 0.3 is 5.97 Å². The minimum absolute atomic E-state index is 0.0713. The highest BCUT2D eigenvalue weighted by molar-refractivity contribution is 5.83. The number of amides is 1. The zero-order valence-corrected chi connectivity index (χ0v) is 9.69. The van der Waals surface area contributed by atoms with Crippen molar-refractivity contribution in [1.82, 2.24) is 10.2 Å². The molecule has 1 amide bonds. The van der Waals surface area contributed by atoms with Crippen LogP contribution in [0.1, 0.15) is 20.3 Å². The van der Waals surface area contributed by atoms with Crippen molar-refractivity contribution >= 4 is 11.9 Å². The van der Waals surface area contributed by atoms with Crippen molar-refractivity contribution in [3.63, 3.8) is 0 Å². The maximum absolute atomic E-state index is 11.7. The van der Waals surface area contributed by atoms with Gasteiger partial charge in [0.15, 0.2) is 0 Å². The Kier molecular flexibility index (Phi) is 6.97. The van der Waals surface area contributed by atoms with Gasteiger partial charge in [-0.2, -0.15) is 0 Å². The van der Waals surface area contributed by atoms with Crippen molar-refractivity contribution < 1.29 is 14.7 Å². The lowest BCUT2D eigenvalue weighted by Crippen LogP contribution is -2.45. The molecule has 0 aromatic heterocycles. The fraction of sp³-hybridized carbons (Fsp3) is 0.636. The van der Waals surface area contributed by atoms with Crippen LogP contribution < -0.4 is 5.32 Å². The summed E-state index contributed by atoms with van der Waals surface area (Å²) in [5, 5.41) is 11.4. The number of carbonyl (C=O) groups excluding carboxylic acids is 1. The van der Waals surface area contributed by atoms with Gasteiger partial charge in [0.1, 0.15) is 6.54 Å². The van der Waals surface area contributed by atoms with Crippen LogP contribution >= 0.6 is 0 Å². The van der Waals surface area contributed by atoms with E-state index >= 15 is 0 Å². The molecule has 16 heavy (non-hydrogen) atoms. The van der Waals surface area contributed by atoms with Gasteiger partial charge in [0.25, 0.3) is 0 Å². The normalized spacial score (nSPS) is 11.6. The minimum atomic E-state index is -1.01. The lowest BCUT2D eigenvalue weighted by molar-refractivity contribution is -0.145. The van der Waals surface area contributed by atoms with Crippen LogP contribution in [0.15, 0.2) is 0 Å². The molecule has 0 aliphatic heterocycles. The predicted octanol–water partition coefficient (Wildman–Crippen LogP) is -0.0791. The molecule has 5 heteroatoms. The Morgan fingerprint density at radius 2 is 2.19 bits per heavy atom. The largest absolute Gasteiger partial charge is 0.480 e. The summed E-state index contributed by atoms with van der Waals surface area (Å²) in [5.74, 6) is 1.10. The van der Waals surface area contributed by atoms with Crippen LogP contribution in [-0.4, -0.2) is 47.6 Å². The lowest BCUT2D eigenvalue weighted by Gasteiger charge is -2.26. The first-order valence-electron chi connectivity index (χ1n) is 5.18. The fourth-order valence-electron chi connectivity index (χ4n) is 1.20. The summed E-state index contributed by atoms with van der Waals surface area (Å²) in [4.78, 5) is 23.6. The van der Waals surface area contributed by atoms with Crippen molar-refractivity contribution in [2.75, 3.05) is 19.6 Å². The Morgan fingerprint density at radius 1 is 1.56 bits per heavy atom. The van der Waals surface area contributed by atoms with E-state index in [1.807, 2.05) is 13.8 Å². The molecule has 90 valence electrons. The molecule has 0 aliphatic carbocycles. The Labute approximate surface area is 95.8 Å². The van der Waals surface area contributed by atoms with E-state index in [4.69, 9.17) is 11.5 Å². The molecule has 0 aromatic carbocycles. The first-order valence-corrected chi connectivity index (χ1v) is 5.18. The summed E-state index contributed by atoms with van der Waals surface area (Å²) in [7, 11) is 0. The molecule has 0 rings (SSSR count). The summed E-state index contributed by atoms with van der Waals surface area (Å²) in [6, 6.07) is -0.0868. The number of aliphatic carboxylic acids is 1. The van der Waals surface area contributed by atoms with Crippen molar-refractivity contribution in [2.45, 2.75) is 26.3 Å². The van der Waals surface area contributed by atoms with E-state index in [-0.39, 0.29) is 25.0 Å². The average molecular weight is 226 g/mol. The van der Waals surface area contributed by atoms with E-state index in [1.165, 1.54) is 4.90 Å². The van der Waals surface area contributed by atoms with E-state index in [2.05, 4.69) is 11.2 Å². The second-order valence-electron chi connectivity index (χ2n) is 3.48. The summed E-state index contributed by atoms with van der Waals surface area (Å²) in [6.07, 6.45) is 5.74. The van der Waals surface area contributed by atoms with Gasteiger partial charge in [-0.25, -0.2) is 0 Å². The molecular weight excluding hydrogens is 208 g/mol. The van der Waals surface area contributed by atoms with E-state index in [1.54, 1.807) is 0 Å². The van der Waals surface area contributed by atoms with Gasteiger partial charge < -0.3 is 10.0 Å². The van der Waals surface area contributed by atoms with Crippen LogP contribution in [0.4, 0.5) is 0 Å². The summed E-state index contributed by atoms with van der Waals surface area (Å²) >= 11 is 0. The number of carboxylic acids is 1. The monoisotopic (exact) mass is 226 g/mol. The van der Waals surface area contributed by atoms with Gasteiger partial charge in [-0.05, 0) is 13.3 Å². The number of rotatable bonds is 7. The van der Waals surface area contributed by atoms with Gasteiger partial charge in [0.05, 0.1) is 13.1 Å². The average Bonchev–Trinajstić information content (AvgIpc) is 2.24. The standard InChI is InChI=1S/C11H18N2O3/c1-4-6-12-7-10(14)13(8-11(15)16)9(3)5-2/h1,9,12H,5-8H2,2-3H3,(H,15,16). The Balaban J connectivity index is 4.33. The van der Waals surface area contributed by atoms with E-state index in [9.17, 15) is 9.59 Å². The fourth-order valence-corrected chi connectivity index (χ4v) is 1.20. The molecule has 5 nitrogen and oxygen atoms in total. The third-order valence-electron chi connectivity index (χ3n) is 2.25. The third-order valence-corrected chi connectivity index (χ3v) is 2.25. The number of carbonyl (C=O) groups is 2. The number of hydrogen-bond donors (Lipinski definition) is 2. The van der Waals surface area contributed by atoms with Gasteiger partial charge in [-0.3, -0.25) is 14.9 Å². The highest BCUT2D eigenvalue weighted by Crippen LogP contribution is 2.03.